The lowest BCUT2D eigenvalue weighted by Gasteiger charge is -2.40. The molecule has 8 nitrogen and oxygen atoms in total. The molecule has 3 aromatic heterocycles. The second-order valence-electron chi connectivity index (χ2n) is 6.95. The number of anilines is 1. The molecule has 4 heterocycles. The van der Waals surface area contributed by atoms with Crippen molar-refractivity contribution in [3.8, 4) is 0 Å². The minimum Gasteiger partial charge on any atom is -0.307 e. The number of carbonyl (C=O) groups is 1. The van der Waals surface area contributed by atoms with Gasteiger partial charge in [0.15, 0.2) is 5.82 Å². The first-order valence-corrected chi connectivity index (χ1v) is 9.08. The van der Waals surface area contributed by atoms with E-state index in [0.29, 0.717) is 18.7 Å². The molecule has 4 rings (SSSR count). The zero-order valence-electron chi connectivity index (χ0n) is 15.3. The maximum Gasteiger partial charge on any atom is 0.253 e. The van der Waals surface area contributed by atoms with Gasteiger partial charge in [-0.2, -0.15) is 10.2 Å². The van der Waals surface area contributed by atoms with Gasteiger partial charge in [-0.15, -0.1) is 0 Å². The molecular weight excluding hydrogens is 342 g/mol. The van der Waals surface area contributed by atoms with Crippen LogP contribution in [0.4, 0.5) is 5.82 Å². The van der Waals surface area contributed by atoms with Crippen molar-refractivity contribution in [3.63, 3.8) is 0 Å². The first kappa shape index (κ1) is 17.4. The molecule has 0 aromatic carbocycles. The fourth-order valence-corrected chi connectivity index (χ4v) is 3.63. The van der Waals surface area contributed by atoms with Gasteiger partial charge in [0, 0.05) is 63.7 Å². The van der Waals surface area contributed by atoms with E-state index in [1.165, 1.54) is 5.56 Å². The zero-order valence-corrected chi connectivity index (χ0v) is 15.3. The Kier molecular flexibility index (Phi) is 4.72. The smallest absolute Gasteiger partial charge is 0.253 e. The fourth-order valence-electron chi connectivity index (χ4n) is 3.63. The van der Waals surface area contributed by atoms with Crippen LogP contribution in [0, 0.1) is 0 Å². The van der Waals surface area contributed by atoms with E-state index < -0.39 is 5.54 Å². The summed E-state index contributed by atoms with van der Waals surface area (Å²) in [6, 6.07) is 7.69. The SMILES string of the molecule is Cn1ccc(NC(=O)C2(n3cccn3)CCN(Cc3cccnc3)CC2)n1. The summed E-state index contributed by atoms with van der Waals surface area (Å²) >= 11 is 0. The molecule has 0 aliphatic carbocycles. The maximum absolute atomic E-state index is 13.2. The van der Waals surface area contributed by atoms with Gasteiger partial charge in [0.1, 0.15) is 5.54 Å². The van der Waals surface area contributed by atoms with Crippen LogP contribution in [0.25, 0.3) is 0 Å². The van der Waals surface area contributed by atoms with E-state index in [4.69, 9.17) is 0 Å². The fraction of sp³-hybridized carbons (Fsp3) is 0.368. The zero-order chi connectivity index (χ0) is 18.7. The van der Waals surface area contributed by atoms with Crippen molar-refractivity contribution in [2.45, 2.75) is 24.9 Å². The summed E-state index contributed by atoms with van der Waals surface area (Å²) in [5.41, 5.74) is 0.481. The van der Waals surface area contributed by atoms with Gasteiger partial charge in [-0.05, 0) is 30.5 Å². The average molecular weight is 365 g/mol. The molecule has 0 saturated carbocycles. The maximum atomic E-state index is 13.2. The third-order valence-electron chi connectivity index (χ3n) is 5.13. The highest BCUT2D eigenvalue weighted by molar-refractivity contribution is 5.96. The van der Waals surface area contributed by atoms with Crippen LogP contribution in [0.2, 0.25) is 0 Å². The predicted molar refractivity (Wildman–Crippen MR) is 101 cm³/mol. The Morgan fingerprint density at radius 1 is 1.19 bits per heavy atom. The average Bonchev–Trinajstić information content (AvgIpc) is 3.36. The summed E-state index contributed by atoms with van der Waals surface area (Å²) in [7, 11) is 1.83. The van der Waals surface area contributed by atoms with E-state index in [9.17, 15) is 4.79 Å². The molecule has 140 valence electrons. The van der Waals surface area contributed by atoms with Gasteiger partial charge in [-0.25, -0.2) is 0 Å². The van der Waals surface area contributed by atoms with E-state index in [1.807, 2.05) is 37.8 Å². The Morgan fingerprint density at radius 3 is 2.67 bits per heavy atom. The number of nitrogens with zero attached hydrogens (tertiary/aromatic N) is 6. The number of hydrogen-bond acceptors (Lipinski definition) is 5. The molecule has 1 aliphatic rings. The third-order valence-corrected chi connectivity index (χ3v) is 5.13. The summed E-state index contributed by atoms with van der Waals surface area (Å²) < 4.78 is 3.47. The number of likely N-dealkylation sites (tertiary alicyclic amines) is 1. The lowest BCUT2D eigenvalue weighted by molar-refractivity contribution is -0.127. The van der Waals surface area contributed by atoms with Gasteiger partial charge in [0.25, 0.3) is 5.91 Å². The van der Waals surface area contributed by atoms with Crippen LogP contribution in [0.3, 0.4) is 0 Å². The topological polar surface area (TPSA) is 80.9 Å². The van der Waals surface area contributed by atoms with Crippen LogP contribution in [-0.4, -0.2) is 48.4 Å². The summed E-state index contributed by atoms with van der Waals surface area (Å²) in [5.74, 6) is 0.498. The highest BCUT2D eigenvalue weighted by atomic mass is 16.2. The van der Waals surface area contributed by atoms with Crippen molar-refractivity contribution in [2.75, 3.05) is 18.4 Å². The summed E-state index contributed by atoms with van der Waals surface area (Å²) in [4.78, 5) is 19.7. The Balaban J connectivity index is 1.50. The first-order valence-electron chi connectivity index (χ1n) is 9.08. The van der Waals surface area contributed by atoms with Crippen LogP contribution < -0.4 is 5.32 Å². The van der Waals surface area contributed by atoms with Gasteiger partial charge >= 0.3 is 0 Å². The molecule has 1 aliphatic heterocycles. The summed E-state index contributed by atoms with van der Waals surface area (Å²) in [6.45, 7) is 2.46. The molecule has 0 spiro atoms. The van der Waals surface area contributed by atoms with E-state index >= 15 is 0 Å². The van der Waals surface area contributed by atoms with Crippen molar-refractivity contribution >= 4 is 11.7 Å². The van der Waals surface area contributed by atoms with Crippen LogP contribution in [0.1, 0.15) is 18.4 Å². The molecule has 1 saturated heterocycles. The summed E-state index contributed by atoms with van der Waals surface area (Å²) in [6.07, 6.45) is 10.5. The van der Waals surface area contributed by atoms with Gasteiger partial charge in [-0.1, -0.05) is 6.07 Å². The van der Waals surface area contributed by atoms with Gasteiger partial charge in [0.05, 0.1) is 0 Å². The van der Waals surface area contributed by atoms with Crippen molar-refractivity contribution < 1.29 is 4.79 Å². The number of carbonyl (C=O) groups excluding carboxylic acids is 1. The minimum absolute atomic E-state index is 0.0640. The van der Waals surface area contributed by atoms with Crippen molar-refractivity contribution in [3.05, 3.63) is 60.8 Å². The monoisotopic (exact) mass is 365 g/mol. The van der Waals surface area contributed by atoms with Crippen LogP contribution in [0.5, 0.6) is 0 Å². The van der Waals surface area contributed by atoms with Crippen LogP contribution in [0.15, 0.2) is 55.2 Å². The number of aromatic nitrogens is 5. The second-order valence-corrected chi connectivity index (χ2v) is 6.95. The number of amides is 1. The Bertz CT molecular complexity index is 880. The lowest BCUT2D eigenvalue weighted by atomic mass is 9.86. The van der Waals surface area contributed by atoms with Crippen molar-refractivity contribution in [1.29, 1.82) is 0 Å². The number of pyridine rings is 1. The Hall–Kier alpha value is -3.00. The van der Waals surface area contributed by atoms with Gasteiger partial charge in [-0.3, -0.25) is 24.0 Å². The number of rotatable bonds is 5. The summed E-state index contributed by atoms with van der Waals surface area (Å²) in [5, 5.41) is 11.6. The van der Waals surface area contributed by atoms with E-state index in [2.05, 4.69) is 31.5 Å². The minimum atomic E-state index is -0.702. The number of aryl methyl sites for hydroxylation is 1. The largest absolute Gasteiger partial charge is 0.307 e. The van der Waals surface area contributed by atoms with Crippen molar-refractivity contribution in [1.82, 2.24) is 29.4 Å². The molecule has 1 N–H and O–H groups in total. The molecule has 0 atom stereocenters. The number of piperidine rings is 1. The second kappa shape index (κ2) is 7.32. The number of hydrogen-bond donors (Lipinski definition) is 1. The quantitative estimate of drug-likeness (QED) is 0.743. The predicted octanol–water partition coefficient (Wildman–Crippen LogP) is 1.64. The normalized spacial score (nSPS) is 16.9. The highest BCUT2D eigenvalue weighted by Crippen LogP contribution is 2.31. The Labute approximate surface area is 157 Å². The van der Waals surface area contributed by atoms with Crippen molar-refractivity contribution in [2.24, 2.45) is 7.05 Å². The van der Waals surface area contributed by atoms with E-state index in [0.717, 1.165) is 19.6 Å². The molecule has 1 fully saturated rings. The molecular formula is C19H23N7O. The van der Waals surface area contributed by atoms with Crippen LogP contribution >= 0.6 is 0 Å². The van der Waals surface area contributed by atoms with Gasteiger partial charge in [0.2, 0.25) is 0 Å². The molecule has 8 heteroatoms. The first-order chi connectivity index (χ1) is 13.2. The van der Waals surface area contributed by atoms with Crippen LogP contribution in [-0.2, 0) is 23.9 Å². The molecule has 3 aromatic rings. The molecule has 0 bridgehead atoms. The molecule has 0 unspecified atom stereocenters. The third kappa shape index (κ3) is 3.61. The molecule has 0 radical (unpaired) electrons. The van der Waals surface area contributed by atoms with Gasteiger partial charge < -0.3 is 5.32 Å². The lowest BCUT2D eigenvalue weighted by Crippen LogP contribution is -2.53. The Morgan fingerprint density at radius 2 is 2.04 bits per heavy atom. The number of nitrogens with one attached hydrogen (secondary N) is 1. The standard InChI is InChI=1S/C19H23N7O/c1-24-11-5-17(23-24)22-18(27)19(26-10-3-9-21-26)6-12-25(13-7-19)15-16-4-2-8-20-14-16/h2-5,8-11,14H,6-7,12-13,15H2,1H3,(H,22,23,27). The van der Waals surface area contributed by atoms with E-state index in [-0.39, 0.29) is 5.91 Å². The highest BCUT2D eigenvalue weighted by Gasteiger charge is 2.44. The molecule has 27 heavy (non-hydrogen) atoms. The van der Waals surface area contributed by atoms with E-state index in [1.54, 1.807) is 27.8 Å². The molecule has 1 amide bonds.